The van der Waals surface area contributed by atoms with E-state index in [2.05, 4.69) is 15.3 Å². The van der Waals surface area contributed by atoms with E-state index in [-0.39, 0.29) is 22.8 Å². The van der Waals surface area contributed by atoms with Crippen molar-refractivity contribution in [1.29, 1.82) is 5.41 Å². The fourth-order valence-electron chi connectivity index (χ4n) is 3.21. The number of para-hydroxylation sites is 1. The maximum atomic E-state index is 9.74. The highest BCUT2D eigenvalue weighted by molar-refractivity contribution is 6.32. The molecule has 7 heteroatoms. The number of aromatic hydroxyl groups is 1. The maximum absolute atomic E-state index is 9.74. The van der Waals surface area contributed by atoms with Gasteiger partial charge in [-0.15, -0.1) is 0 Å². The quantitative estimate of drug-likeness (QED) is 0.305. The van der Waals surface area contributed by atoms with Crippen molar-refractivity contribution in [1.82, 2.24) is 4.98 Å². The van der Waals surface area contributed by atoms with Gasteiger partial charge in [-0.25, -0.2) is 4.99 Å². The molecule has 2 heterocycles. The van der Waals surface area contributed by atoms with Crippen LogP contribution in [0.2, 0.25) is 5.02 Å². The van der Waals surface area contributed by atoms with Gasteiger partial charge in [0.1, 0.15) is 11.5 Å². The molecule has 0 fully saturated rings. The predicted octanol–water partition coefficient (Wildman–Crippen LogP) is 4.65. The molecule has 3 aromatic rings. The third-order valence-electron chi connectivity index (χ3n) is 4.35. The molecule has 0 radical (unpaired) electrons. The van der Waals surface area contributed by atoms with E-state index >= 15 is 0 Å². The van der Waals surface area contributed by atoms with Crippen molar-refractivity contribution in [3.05, 3.63) is 82.1 Å². The Bertz CT molecular complexity index is 1040. The van der Waals surface area contributed by atoms with Gasteiger partial charge in [-0.2, -0.15) is 0 Å². The zero-order chi connectivity index (χ0) is 20.3. The second-order valence-corrected chi connectivity index (χ2v) is 6.39. The molecule has 4 rings (SSSR count). The van der Waals surface area contributed by atoms with Gasteiger partial charge in [0, 0.05) is 23.0 Å². The first kappa shape index (κ1) is 19.5. The van der Waals surface area contributed by atoms with Crippen molar-refractivity contribution in [2.75, 3.05) is 5.32 Å². The molecule has 0 saturated carbocycles. The van der Waals surface area contributed by atoms with Crippen LogP contribution in [0, 0.1) is 5.41 Å². The van der Waals surface area contributed by atoms with Gasteiger partial charge in [-0.1, -0.05) is 49.7 Å². The topological polar surface area (TPSA) is 110 Å². The fourth-order valence-corrected chi connectivity index (χ4v) is 3.40. The largest absolute Gasteiger partial charge is 0.506 e. The minimum Gasteiger partial charge on any atom is -0.506 e. The molecule has 1 aliphatic heterocycles. The zero-order valence-corrected chi connectivity index (χ0v) is 16.4. The first-order valence-electron chi connectivity index (χ1n) is 8.99. The number of aromatic amines is 1. The van der Waals surface area contributed by atoms with E-state index in [1.807, 2.05) is 56.4 Å². The number of aromatic nitrogens is 1. The van der Waals surface area contributed by atoms with Crippen molar-refractivity contribution in [2.24, 2.45) is 10.7 Å². The first-order valence-corrected chi connectivity index (χ1v) is 9.37. The van der Waals surface area contributed by atoms with E-state index < -0.39 is 0 Å². The lowest BCUT2D eigenvalue weighted by Gasteiger charge is -2.19. The number of phenolic OH excluding ortho intramolecular Hbond substituents is 1. The first-order chi connectivity index (χ1) is 13.5. The van der Waals surface area contributed by atoms with Gasteiger partial charge < -0.3 is 21.1 Å². The van der Waals surface area contributed by atoms with Crippen molar-refractivity contribution < 1.29 is 5.11 Å². The number of fused-ring (bicyclic) bond motifs is 2. The van der Waals surface area contributed by atoms with Gasteiger partial charge in [0.25, 0.3) is 0 Å². The Morgan fingerprint density at radius 3 is 2.64 bits per heavy atom. The van der Waals surface area contributed by atoms with E-state index in [1.54, 1.807) is 12.1 Å². The highest BCUT2D eigenvalue weighted by atomic mass is 35.5. The van der Waals surface area contributed by atoms with Crippen LogP contribution in [0.25, 0.3) is 0 Å². The zero-order valence-electron chi connectivity index (χ0n) is 15.6. The molecular weight excluding hydrogens is 374 g/mol. The van der Waals surface area contributed by atoms with Crippen LogP contribution in [-0.2, 0) is 0 Å². The summed E-state index contributed by atoms with van der Waals surface area (Å²) in [6, 6.07) is 14.6. The molecule has 28 heavy (non-hydrogen) atoms. The van der Waals surface area contributed by atoms with E-state index in [0.717, 1.165) is 28.1 Å². The number of guanidine groups is 1. The van der Waals surface area contributed by atoms with E-state index in [9.17, 15) is 5.11 Å². The summed E-state index contributed by atoms with van der Waals surface area (Å²) in [5.41, 5.74) is 10.5. The summed E-state index contributed by atoms with van der Waals surface area (Å²) in [5.74, 6) is -0.223. The van der Waals surface area contributed by atoms with Crippen LogP contribution < -0.4 is 11.1 Å². The van der Waals surface area contributed by atoms with E-state index in [0.29, 0.717) is 5.71 Å². The molecule has 0 spiro atoms. The molecule has 6 nitrogen and oxygen atoms in total. The minimum atomic E-state index is -0.263. The Labute approximate surface area is 168 Å². The van der Waals surface area contributed by atoms with Gasteiger partial charge >= 0.3 is 0 Å². The Kier molecular flexibility index (Phi) is 5.70. The average molecular weight is 396 g/mol. The van der Waals surface area contributed by atoms with Crippen LogP contribution in [0.1, 0.15) is 42.3 Å². The molecular formula is C21H22ClN5O. The highest BCUT2D eigenvalue weighted by Gasteiger charge is 2.28. The summed E-state index contributed by atoms with van der Waals surface area (Å²) in [7, 11) is 0. The normalized spacial score (nSPS) is 16.1. The molecule has 144 valence electrons. The Balaban J connectivity index is 0.00000109. The Morgan fingerprint density at radius 2 is 1.93 bits per heavy atom. The Hall–Kier alpha value is -3.25. The fraction of sp³-hybridized carbons (Fsp3) is 0.143. The summed E-state index contributed by atoms with van der Waals surface area (Å²) in [5, 5.41) is 21.2. The van der Waals surface area contributed by atoms with Crippen LogP contribution in [0.15, 0.2) is 59.7 Å². The lowest BCUT2D eigenvalue weighted by molar-refractivity contribution is 0.475. The van der Waals surface area contributed by atoms with E-state index in [1.165, 1.54) is 0 Å². The average Bonchev–Trinajstić information content (AvgIpc) is 3.13. The lowest BCUT2D eigenvalue weighted by Crippen LogP contribution is -2.14. The molecule has 0 aliphatic carbocycles. The minimum absolute atomic E-state index is 0.0394. The van der Waals surface area contributed by atoms with Crippen LogP contribution in [0.4, 0.5) is 5.69 Å². The number of hydrogen-bond donors (Lipinski definition) is 5. The number of halogens is 1. The number of anilines is 1. The van der Waals surface area contributed by atoms with Crippen molar-refractivity contribution in [3.63, 3.8) is 0 Å². The number of nitrogens with zero attached hydrogens (tertiary/aromatic N) is 1. The number of benzene rings is 2. The third kappa shape index (κ3) is 3.59. The van der Waals surface area contributed by atoms with Crippen LogP contribution in [-0.4, -0.2) is 21.8 Å². The number of nitrogens with two attached hydrogens (primary N) is 1. The smallest absolute Gasteiger partial charge is 0.213 e. The summed E-state index contributed by atoms with van der Waals surface area (Å²) >= 11 is 6.12. The number of nitrogens with one attached hydrogen (secondary N) is 3. The molecule has 6 N–H and O–H groups in total. The summed E-state index contributed by atoms with van der Waals surface area (Å²) in [6.45, 7) is 4.00. The monoisotopic (exact) mass is 395 g/mol. The van der Waals surface area contributed by atoms with Gasteiger partial charge in [0.15, 0.2) is 0 Å². The molecule has 0 bridgehead atoms. The molecule has 1 unspecified atom stereocenters. The predicted molar refractivity (Wildman–Crippen MR) is 115 cm³/mol. The molecule has 2 aromatic carbocycles. The summed E-state index contributed by atoms with van der Waals surface area (Å²) < 4.78 is 0. The third-order valence-corrected chi connectivity index (χ3v) is 4.65. The number of H-pyrrole nitrogens is 1. The van der Waals surface area contributed by atoms with Gasteiger partial charge in [0.2, 0.25) is 5.96 Å². The molecule has 1 atom stereocenters. The maximum Gasteiger partial charge on any atom is 0.213 e. The molecule has 1 aliphatic rings. The van der Waals surface area contributed by atoms with Gasteiger partial charge in [-0.05, 0) is 29.8 Å². The van der Waals surface area contributed by atoms with Crippen molar-refractivity contribution in [3.8, 4) is 5.75 Å². The second kappa shape index (κ2) is 8.19. The molecule has 1 aromatic heterocycles. The van der Waals surface area contributed by atoms with Crippen LogP contribution in [0.3, 0.4) is 0 Å². The number of aliphatic imine (C=N–C) groups is 1. The second-order valence-electron chi connectivity index (χ2n) is 5.99. The van der Waals surface area contributed by atoms with E-state index in [4.69, 9.17) is 22.7 Å². The van der Waals surface area contributed by atoms with Crippen LogP contribution in [0.5, 0.6) is 5.75 Å². The molecule has 0 saturated heterocycles. The lowest BCUT2D eigenvalue weighted by atomic mass is 9.97. The number of hydrogen-bond acceptors (Lipinski definition) is 3. The molecule has 0 amide bonds. The number of phenols is 1. The van der Waals surface area contributed by atoms with Crippen molar-refractivity contribution >= 4 is 29.0 Å². The van der Waals surface area contributed by atoms with Gasteiger partial charge in [0.05, 0.1) is 16.8 Å². The number of rotatable bonds is 1. The SMILES string of the molecule is CC.N=C(N)/N=C1/c2ccccc2NC(c2ccc(O)c(Cl)c2)c2cc[nH]c21. The Morgan fingerprint density at radius 1 is 1.18 bits per heavy atom. The van der Waals surface area contributed by atoms with Crippen molar-refractivity contribution in [2.45, 2.75) is 19.9 Å². The summed E-state index contributed by atoms with van der Waals surface area (Å²) in [4.78, 5) is 7.47. The van der Waals surface area contributed by atoms with Crippen LogP contribution >= 0.6 is 11.6 Å². The summed E-state index contributed by atoms with van der Waals surface area (Å²) in [6.07, 6.45) is 1.82. The van der Waals surface area contributed by atoms with Gasteiger partial charge in [-0.3, -0.25) is 5.41 Å². The highest BCUT2D eigenvalue weighted by Crippen LogP contribution is 2.37. The standard InChI is InChI=1S/C19H16ClN5O.C2H6/c20-13-9-10(5-6-15(13)26)16-12-7-8-23-17(12)18(25-19(21)22)11-3-1-2-4-14(11)24-16;1-2/h1-9,16,23-24,26H,(H3,21,22);1-2H3/b25-18-;.